The Kier molecular flexibility index (Phi) is 5.19. The number of amides is 1. The van der Waals surface area contributed by atoms with Crippen LogP contribution in [0.1, 0.15) is 74.1 Å². The SMILES string of the molecule is C=C1OCc2c1ccc(C(CN1CCC3(CC1)CCN(C1=C(C)C(=O)OC1)C3=O)C1(C)CC1)c2C. The minimum absolute atomic E-state index is 0.199. The minimum atomic E-state index is -0.291. The number of piperidine rings is 1. The highest BCUT2D eigenvalue weighted by Gasteiger charge is 2.51. The van der Waals surface area contributed by atoms with Crippen molar-refractivity contribution in [3.8, 4) is 0 Å². The van der Waals surface area contributed by atoms with Crippen LogP contribution in [0.5, 0.6) is 0 Å². The van der Waals surface area contributed by atoms with E-state index in [9.17, 15) is 9.59 Å². The van der Waals surface area contributed by atoms with Crippen LogP contribution in [0, 0.1) is 17.8 Å². The normalized spacial score (nSPS) is 25.8. The van der Waals surface area contributed by atoms with Gasteiger partial charge in [0.15, 0.2) is 0 Å². The number of esters is 1. The molecule has 1 unspecified atom stereocenters. The van der Waals surface area contributed by atoms with E-state index < -0.39 is 0 Å². The van der Waals surface area contributed by atoms with E-state index in [1.54, 1.807) is 6.92 Å². The second-order valence-corrected chi connectivity index (χ2v) is 11.7. The van der Waals surface area contributed by atoms with Gasteiger partial charge in [-0.05, 0) is 75.6 Å². The third-order valence-electron chi connectivity index (χ3n) is 9.76. The molecule has 1 aromatic carbocycles. The van der Waals surface area contributed by atoms with Crippen molar-refractivity contribution < 1.29 is 19.1 Å². The molecule has 1 amide bonds. The maximum atomic E-state index is 13.5. The molecule has 1 aromatic rings. The van der Waals surface area contributed by atoms with E-state index >= 15 is 0 Å². The summed E-state index contributed by atoms with van der Waals surface area (Å²) < 4.78 is 10.9. The van der Waals surface area contributed by atoms with Gasteiger partial charge in [0.25, 0.3) is 0 Å². The number of hydrogen-bond acceptors (Lipinski definition) is 5. The molecule has 0 N–H and O–H groups in total. The van der Waals surface area contributed by atoms with Crippen molar-refractivity contribution in [2.45, 2.75) is 65.4 Å². The topological polar surface area (TPSA) is 59.1 Å². The van der Waals surface area contributed by atoms with E-state index in [0.717, 1.165) is 55.9 Å². The van der Waals surface area contributed by atoms with E-state index in [2.05, 4.69) is 37.5 Å². The summed E-state index contributed by atoms with van der Waals surface area (Å²) in [7, 11) is 0. The first kappa shape index (κ1) is 22.8. The molecule has 1 saturated carbocycles. The van der Waals surface area contributed by atoms with Gasteiger partial charge in [0.05, 0.1) is 16.7 Å². The Bertz CT molecular complexity index is 1150. The first-order chi connectivity index (χ1) is 16.7. The first-order valence-electron chi connectivity index (χ1n) is 13.1. The lowest BCUT2D eigenvalue weighted by atomic mass is 9.75. The number of hydrogen-bond donors (Lipinski definition) is 0. The molecule has 0 radical (unpaired) electrons. The van der Waals surface area contributed by atoms with E-state index in [4.69, 9.17) is 9.47 Å². The fraction of sp³-hybridized carbons (Fsp3) is 0.586. The van der Waals surface area contributed by atoms with Gasteiger partial charge in [0.1, 0.15) is 19.0 Å². The lowest BCUT2D eigenvalue weighted by Crippen LogP contribution is -2.46. The van der Waals surface area contributed by atoms with Crippen LogP contribution in [0.2, 0.25) is 0 Å². The largest absolute Gasteiger partial charge is 0.489 e. The Labute approximate surface area is 207 Å². The minimum Gasteiger partial charge on any atom is -0.489 e. The average molecular weight is 477 g/mol. The summed E-state index contributed by atoms with van der Waals surface area (Å²) in [6.45, 7) is 15.0. The fourth-order valence-electron chi connectivity index (χ4n) is 6.79. The van der Waals surface area contributed by atoms with Crippen molar-refractivity contribution in [3.63, 3.8) is 0 Å². The van der Waals surface area contributed by atoms with Crippen LogP contribution in [0.25, 0.3) is 5.76 Å². The van der Waals surface area contributed by atoms with Crippen molar-refractivity contribution in [2.24, 2.45) is 10.8 Å². The van der Waals surface area contributed by atoms with Gasteiger partial charge in [-0.15, -0.1) is 0 Å². The Hall–Kier alpha value is -2.60. The molecule has 1 atom stereocenters. The Balaban J connectivity index is 1.17. The second-order valence-electron chi connectivity index (χ2n) is 11.7. The molecular formula is C29H36N2O4. The molecule has 35 heavy (non-hydrogen) atoms. The molecule has 1 spiro atoms. The van der Waals surface area contributed by atoms with Gasteiger partial charge in [0.2, 0.25) is 5.91 Å². The summed E-state index contributed by atoms with van der Waals surface area (Å²) in [5.41, 5.74) is 6.72. The van der Waals surface area contributed by atoms with Crippen LogP contribution in [-0.4, -0.2) is 54.5 Å². The van der Waals surface area contributed by atoms with Crippen molar-refractivity contribution in [1.29, 1.82) is 0 Å². The zero-order chi connectivity index (χ0) is 24.5. The number of cyclic esters (lactones) is 1. The highest BCUT2D eigenvalue weighted by atomic mass is 16.5. The predicted molar refractivity (Wildman–Crippen MR) is 133 cm³/mol. The van der Waals surface area contributed by atoms with E-state index in [0.29, 0.717) is 30.1 Å². The molecule has 0 aromatic heterocycles. The number of carbonyl (C=O) groups excluding carboxylic acids is 2. The summed E-state index contributed by atoms with van der Waals surface area (Å²) in [6.07, 6.45) is 5.21. The first-order valence-corrected chi connectivity index (χ1v) is 13.1. The van der Waals surface area contributed by atoms with Crippen LogP contribution in [0.4, 0.5) is 0 Å². The zero-order valence-electron chi connectivity index (χ0n) is 21.2. The van der Waals surface area contributed by atoms with Crippen molar-refractivity contribution in [1.82, 2.24) is 9.80 Å². The third-order valence-corrected chi connectivity index (χ3v) is 9.76. The summed E-state index contributed by atoms with van der Waals surface area (Å²) in [5, 5.41) is 0. The van der Waals surface area contributed by atoms with Crippen LogP contribution >= 0.6 is 0 Å². The third kappa shape index (κ3) is 3.55. The molecule has 4 aliphatic heterocycles. The Morgan fingerprint density at radius 1 is 1.00 bits per heavy atom. The standard InChI is InChI=1S/C29H36N2O4/c1-18-21(5-6-22-20(3)34-16-23(18)22)24(28(4)7-8-28)15-30-12-9-29(10-13-30)11-14-31(27(29)33)25-17-35-26(32)19(25)2/h5-6,24H,3,7-17H2,1-2,4H3. The summed E-state index contributed by atoms with van der Waals surface area (Å²) >= 11 is 0. The molecule has 2 saturated heterocycles. The number of carbonyl (C=O) groups is 2. The van der Waals surface area contributed by atoms with Gasteiger partial charge in [-0.3, -0.25) is 4.79 Å². The monoisotopic (exact) mass is 476 g/mol. The molecule has 186 valence electrons. The van der Waals surface area contributed by atoms with Gasteiger partial charge in [-0.2, -0.15) is 0 Å². The molecule has 6 nitrogen and oxygen atoms in total. The van der Waals surface area contributed by atoms with Crippen LogP contribution < -0.4 is 0 Å². The number of fused-ring (bicyclic) bond motifs is 1. The molecule has 1 aliphatic carbocycles. The summed E-state index contributed by atoms with van der Waals surface area (Å²) in [5.74, 6) is 1.19. The predicted octanol–water partition coefficient (Wildman–Crippen LogP) is 4.52. The molecule has 0 bridgehead atoms. The Morgan fingerprint density at radius 2 is 1.71 bits per heavy atom. The van der Waals surface area contributed by atoms with E-state index in [1.165, 1.54) is 29.5 Å². The number of nitrogens with zero attached hydrogens (tertiary/aromatic N) is 2. The molecule has 3 fully saturated rings. The van der Waals surface area contributed by atoms with Crippen molar-refractivity contribution in [2.75, 3.05) is 32.8 Å². The fourth-order valence-corrected chi connectivity index (χ4v) is 6.79. The Morgan fingerprint density at radius 3 is 2.37 bits per heavy atom. The average Bonchev–Trinajstić information content (AvgIpc) is 3.19. The maximum absolute atomic E-state index is 13.5. The van der Waals surface area contributed by atoms with Gasteiger partial charge < -0.3 is 19.3 Å². The zero-order valence-corrected chi connectivity index (χ0v) is 21.2. The quantitative estimate of drug-likeness (QED) is 0.585. The van der Waals surface area contributed by atoms with Gasteiger partial charge in [-0.1, -0.05) is 25.6 Å². The molecular weight excluding hydrogens is 440 g/mol. The highest BCUT2D eigenvalue weighted by Crippen LogP contribution is 2.57. The van der Waals surface area contributed by atoms with Crippen LogP contribution in [0.3, 0.4) is 0 Å². The number of ether oxygens (including phenoxy) is 2. The number of benzene rings is 1. The lowest BCUT2D eigenvalue weighted by Gasteiger charge is -2.40. The smallest absolute Gasteiger partial charge is 0.336 e. The molecule has 5 aliphatic rings. The van der Waals surface area contributed by atoms with Crippen molar-refractivity contribution >= 4 is 17.6 Å². The van der Waals surface area contributed by atoms with E-state index in [1.807, 2.05) is 4.90 Å². The van der Waals surface area contributed by atoms with Gasteiger partial charge in [0, 0.05) is 30.1 Å². The number of likely N-dealkylation sites (tertiary alicyclic amines) is 2. The van der Waals surface area contributed by atoms with E-state index in [-0.39, 0.29) is 23.9 Å². The lowest BCUT2D eigenvalue weighted by molar-refractivity contribution is -0.138. The van der Waals surface area contributed by atoms with Gasteiger partial charge >= 0.3 is 5.97 Å². The summed E-state index contributed by atoms with van der Waals surface area (Å²) in [4.78, 5) is 29.8. The number of rotatable bonds is 5. The highest BCUT2D eigenvalue weighted by molar-refractivity contribution is 5.94. The second kappa shape index (κ2) is 7.95. The molecule has 6 rings (SSSR count). The maximum Gasteiger partial charge on any atom is 0.336 e. The summed E-state index contributed by atoms with van der Waals surface area (Å²) in [6, 6.07) is 4.52. The van der Waals surface area contributed by atoms with Gasteiger partial charge in [-0.25, -0.2) is 4.79 Å². The van der Waals surface area contributed by atoms with Crippen LogP contribution in [-0.2, 0) is 25.7 Å². The molecule has 6 heteroatoms. The molecule has 4 heterocycles. The van der Waals surface area contributed by atoms with Crippen molar-refractivity contribution in [3.05, 3.63) is 52.2 Å². The van der Waals surface area contributed by atoms with Crippen LogP contribution in [0.15, 0.2) is 30.0 Å².